The first-order valence-electron chi connectivity index (χ1n) is 17.4. The lowest BCUT2D eigenvalue weighted by Crippen LogP contribution is -2.29. The largest absolute Gasteiger partial charge is 0.494 e. The second-order valence-corrected chi connectivity index (χ2v) is 12.5. The highest BCUT2D eigenvalue weighted by Crippen LogP contribution is 2.22. The second kappa shape index (κ2) is 19.1. The Morgan fingerprint density at radius 1 is 0.652 bits per heavy atom. The van der Waals surface area contributed by atoms with Crippen molar-refractivity contribution < 1.29 is 9.47 Å². The van der Waals surface area contributed by atoms with E-state index >= 15 is 0 Å². The average Bonchev–Trinajstić information content (AvgIpc) is 3.10. The van der Waals surface area contributed by atoms with Gasteiger partial charge in [-0.1, -0.05) is 55.3 Å². The van der Waals surface area contributed by atoms with Gasteiger partial charge < -0.3 is 20.5 Å². The molecule has 0 atom stereocenters. The van der Waals surface area contributed by atoms with Gasteiger partial charge >= 0.3 is 0 Å². The van der Waals surface area contributed by atoms with Gasteiger partial charge in [-0.05, 0) is 119 Å². The quantitative estimate of drug-likeness (QED) is 0.141. The molecule has 1 aromatic heterocycles. The molecule has 0 bridgehead atoms. The maximum Gasteiger partial charge on any atom is 0.119 e. The fourth-order valence-electron chi connectivity index (χ4n) is 6.23. The van der Waals surface area contributed by atoms with Crippen LogP contribution in [0.2, 0.25) is 0 Å². The molecule has 3 aromatic carbocycles. The highest BCUT2D eigenvalue weighted by molar-refractivity contribution is 5.90. The van der Waals surface area contributed by atoms with Crippen LogP contribution in [0.4, 0.5) is 5.69 Å². The van der Waals surface area contributed by atoms with Gasteiger partial charge in [-0.15, -0.1) is 0 Å². The van der Waals surface area contributed by atoms with E-state index in [1.807, 2.05) is 30.5 Å². The fraction of sp³-hybridized carbons (Fsp3) is 0.462. The summed E-state index contributed by atoms with van der Waals surface area (Å²) in [5.41, 5.74) is 10.3. The molecule has 0 radical (unpaired) electrons. The molecule has 3 N–H and O–H groups in total. The number of aromatic nitrogens is 1. The molecule has 0 unspecified atom stereocenters. The first-order chi connectivity index (χ1) is 22.8. The molecule has 246 valence electrons. The number of fused-ring (bicyclic) bond motifs is 1. The molecule has 46 heavy (non-hydrogen) atoms. The maximum atomic E-state index is 5.99. The van der Waals surface area contributed by atoms with Crippen LogP contribution >= 0.6 is 0 Å². The van der Waals surface area contributed by atoms with Gasteiger partial charge in [-0.3, -0.25) is 14.8 Å². The summed E-state index contributed by atoms with van der Waals surface area (Å²) < 4.78 is 11.7. The minimum Gasteiger partial charge on any atom is -0.494 e. The molecule has 0 aliphatic carbocycles. The number of hydrogen-bond acceptors (Lipinski definition) is 7. The SMILES string of the molecule is NCCCOc1cccc(CN2CCCCC2)c1.c1cc(CN2CCCCC2)cc(OCCCNc2ccnc3ccccc23)c1. The van der Waals surface area contributed by atoms with Crippen LogP contribution in [0.15, 0.2) is 85.1 Å². The van der Waals surface area contributed by atoms with Crippen LogP contribution in [-0.2, 0) is 13.1 Å². The predicted molar refractivity (Wildman–Crippen MR) is 191 cm³/mol. The zero-order valence-corrected chi connectivity index (χ0v) is 27.5. The first kappa shape index (κ1) is 33.7. The number of anilines is 1. The minimum absolute atomic E-state index is 0.688. The molecule has 4 aromatic rings. The summed E-state index contributed by atoms with van der Waals surface area (Å²) in [6.45, 7) is 9.99. The highest BCUT2D eigenvalue weighted by Gasteiger charge is 2.12. The lowest BCUT2D eigenvalue weighted by molar-refractivity contribution is 0.220. The standard InChI is InChI=1S/C24H29N3O.C15H24N2O/c1-4-15-27(16-5-1)19-20-8-6-9-21(18-20)28-17-7-13-25-24-12-14-26-23-11-3-2-10-22(23)24;16-8-5-11-18-15-7-4-6-14(12-15)13-17-9-2-1-3-10-17/h2-3,6,8-12,14,18H,1,4-5,7,13,15-17,19H2,(H,25,26);4,6-7,12H,1-3,5,8-11,13,16H2. The van der Waals surface area contributed by atoms with Gasteiger partial charge in [0.25, 0.3) is 0 Å². The van der Waals surface area contributed by atoms with Crippen molar-refractivity contribution in [3.05, 3.63) is 96.2 Å². The molecular weight excluding hydrogens is 570 g/mol. The molecule has 3 heterocycles. The van der Waals surface area contributed by atoms with Gasteiger partial charge in [0.05, 0.1) is 18.7 Å². The molecule has 2 saturated heterocycles. The summed E-state index contributed by atoms with van der Waals surface area (Å²) >= 11 is 0. The van der Waals surface area contributed by atoms with Crippen molar-refractivity contribution in [2.45, 2.75) is 64.5 Å². The normalized spacial score (nSPS) is 15.6. The minimum atomic E-state index is 0.688. The molecular formula is C39H53N5O2. The van der Waals surface area contributed by atoms with Crippen molar-refractivity contribution in [2.24, 2.45) is 5.73 Å². The lowest BCUT2D eigenvalue weighted by atomic mass is 10.1. The number of likely N-dealkylation sites (tertiary alicyclic amines) is 2. The zero-order valence-electron chi connectivity index (χ0n) is 27.5. The molecule has 2 fully saturated rings. The van der Waals surface area contributed by atoms with E-state index < -0.39 is 0 Å². The molecule has 7 heteroatoms. The summed E-state index contributed by atoms with van der Waals surface area (Å²) in [5.74, 6) is 1.95. The Hall–Kier alpha value is -3.65. The number of rotatable bonds is 14. The second-order valence-electron chi connectivity index (χ2n) is 12.5. The summed E-state index contributed by atoms with van der Waals surface area (Å²) in [6.07, 6.45) is 11.8. The van der Waals surface area contributed by atoms with E-state index in [4.69, 9.17) is 15.2 Å². The van der Waals surface area contributed by atoms with Crippen molar-refractivity contribution >= 4 is 16.6 Å². The molecule has 0 spiro atoms. The Balaban J connectivity index is 0.000000200. The number of benzene rings is 3. The summed E-state index contributed by atoms with van der Waals surface area (Å²) in [5, 5.41) is 4.68. The maximum absolute atomic E-state index is 5.99. The Kier molecular flexibility index (Phi) is 14.0. The van der Waals surface area contributed by atoms with Gasteiger partial charge in [-0.25, -0.2) is 0 Å². The molecule has 2 aliphatic rings. The first-order valence-corrected chi connectivity index (χ1v) is 17.4. The van der Waals surface area contributed by atoms with Crippen LogP contribution < -0.4 is 20.5 Å². The molecule has 2 aliphatic heterocycles. The number of pyridine rings is 1. The fourth-order valence-corrected chi connectivity index (χ4v) is 6.23. The smallest absolute Gasteiger partial charge is 0.119 e. The van der Waals surface area contributed by atoms with Gasteiger partial charge in [0.15, 0.2) is 0 Å². The van der Waals surface area contributed by atoms with Gasteiger partial charge in [0.2, 0.25) is 0 Å². The highest BCUT2D eigenvalue weighted by atomic mass is 16.5. The Bertz CT molecular complexity index is 1430. The lowest BCUT2D eigenvalue weighted by Gasteiger charge is -2.26. The molecule has 0 saturated carbocycles. The third-order valence-corrected chi connectivity index (χ3v) is 8.68. The average molecular weight is 624 g/mol. The number of nitrogens with two attached hydrogens (primary N) is 1. The summed E-state index contributed by atoms with van der Waals surface area (Å²) in [4.78, 5) is 9.49. The predicted octanol–water partition coefficient (Wildman–Crippen LogP) is 7.50. The topological polar surface area (TPSA) is 75.9 Å². The van der Waals surface area contributed by atoms with Crippen molar-refractivity contribution in [2.75, 3.05) is 57.8 Å². The molecule has 0 amide bonds. The Morgan fingerprint density at radius 2 is 1.24 bits per heavy atom. The number of para-hydroxylation sites is 1. The molecule has 6 rings (SSSR count). The number of nitrogens with zero attached hydrogens (tertiary/aromatic N) is 3. The monoisotopic (exact) mass is 623 g/mol. The van der Waals surface area contributed by atoms with Crippen LogP contribution in [0.25, 0.3) is 10.9 Å². The van der Waals surface area contributed by atoms with E-state index in [1.54, 1.807) is 0 Å². The summed E-state index contributed by atoms with van der Waals surface area (Å²) in [7, 11) is 0. The van der Waals surface area contributed by atoms with Crippen molar-refractivity contribution in [1.82, 2.24) is 14.8 Å². The third-order valence-electron chi connectivity index (χ3n) is 8.68. The van der Waals surface area contributed by atoms with Crippen LogP contribution in [0.3, 0.4) is 0 Å². The number of hydrogen-bond donors (Lipinski definition) is 2. The van der Waals surface area contributed by atoms with E-state index in [-0.39, 0.29) is 0 Å². The van der Waals surface area contributed by atoms with Gasteiger partial charge in [0, 0.05) is 36.9 Å². The zero-order chi connectivity index (χ0) is 31.7. The summed E-state index contributed by atoms with van der Waals surface area (Å²) in [6, 6.07) is 27.3. The van der Waals surface area contributed by atoms with Crippen LogP contribution in [-0.4, -0.2) is 67.3 Å². The van der Waals surface area contributed by atoms with Crippen molar-refractivity contribution in [3.63, 3.8) is 0 Å². The van der Waals surface area contributed by atoms with E-state index in [0.29, 0.717) is 19.8 Å². The molecule has 7 nitrogen and oxygen atoms in total. The van der Waals surface area contributed by atoms with E-state index in [0.717, 1.165) is 60.6 Å². The van der Waals surface area contributed by atoms with Gasteiger partial charge in [0.1, 0.15) is 11.5 Å². The van der Waals surface area contributed by atoms with E-state index in [1.165, 1.54) is 75.8 Å². The van der Waals surface area contributed by atoms with Crippen LogP contribution in [0.1, 0.15) is 62.5 Å². The van der Waals surface area contributed by atoms with Crippen LogP contribution in [0, 0.1) is 0 Å². The van der Waals surface area contributed by atoms with Crippen molar-refractivity contribution in [1.29, 1.82) is 0 Å². The Morgan fingerprint density at radius 3 is 1.85 bits per heavy atom. The number of nitrogens with one attached hydrogen (secondary N) is 1. The number of ether oxygens (including phenoxy) is 2. The van der Waals surface area contributed by atoms with E-state index in [2.05, 4.69) is 74.7 Å². The van der Waals surface area contributed by atoms with E-state index in [9.17, 15) is 0 Å². The van der Waals surface area contributed by atoms with Crippen LogP contribution in [0.5, 0.6) is 11.5 Å². The van der Waals surface area contributed by atoms with Crippen molar-refractivity contribution in [3.8, 4) is 11.5 Å². The number of piperidine rings is 2. The Labute approximate surface area is 276 Å². The van der Waals surface area contributed by atoms with Gasteiger partial charge in [-0.2, -0.15) is 0 Å². The third kappa shape index (κ3) is 11.3.